The van der Waals surface area contributed by atoms with Crippen molar-refractivity contribution in [2.75, 3.05) is 5.73 Å². The van der Waals surface area contributed by atoms with E-state index < -0.39 is 0 Å². The Kier molecular flexibility index (Phi) is 3.05. The maximum atomic E-state index is 6.07. The molecule has 0 aliphatic heterocycles. The zero-order valence-corrected chi connectivity index (χ0v) is 11.4. The predicted octanol–water partition coefficient (Wildman–Crippen LogP) is 4.79. The fourth-order valence-corrected chi connectivity index (χ4v) is 2.51. The van der Waals surface area contributed by atoms with E-state index in [-0.39, 0.29) is 0 Å². The van der Waals surface area contributed by atoms with Crippen LogP contribution in [0.2, 0.25) is 10.0 Å². The van der Waals surface area contributed by atoms with Gasteiger partial charge in [-0.05, 0) is 35.9 Å². The monoisotopic (exact) mass is 288 g/mol. The Morgan fingerprint density at radius 1 is 0.947 bits per heavy atom. The van der Waals surface area contributed by atoms with Gasteiger partial charge in [0.1, 0.15) is 0 Å². The van der Waals surface area contributed by atoms with Crippen LogP contribution in [0.1, 0.15) is 0 Å². The van der Waals surface area contributed by atoms with Crippen LogP contribution >= 0.6 is 23.2 Å². The molecule has 0 aliphatic rings. The van der Waals surface area contributed by atoms with Gasteiger partial charge in [0.15, 0.2) is 0 Å². The van der Waals surface area contributed by atoms with E-state index in [1.807, 2.05) is 42.5 Å². The maximum absolute atomic E-state index is 6.07. The molecule has 1 heterocycles. The molecule has 0 atom stereocenters. The normalized spacial score (nSPS) is 10.8. The molecule has 3 rings (SSSR count). The highest BCUT2D eigenvalue weighted by Gasteiger charge is 2.10. The lowest BCUT2D eigenvalue weighted by Crippen LogP contribution is -1.93. The van der Waals surface area contributed by atoms with Crippen LogP contribution in [0.4, 0.5) is 5.69 Å². The number of hydrogen-bond donors (Lipinski definition) is 1. The predicted molar refractivity (Wildman–Crippen MR) is 81.6 cm³/mol. The summed E-state index contributed by atoms with van der Waals surface area (Å²) in [6.07, 6.45) is 1.66. The summed E-state index contributed by atoms with van der Waals surface area (Å²) in [5.41, 5.74) is 9.40. The lowest BCUT2D eigenvalue weighted by Gasteiger charge is -2.10. The largest absolute Gasteiger partial charge is 0.397 e. The molecular formula is C15H10Cl2N2. The van der Waals surface area contributed by atoms with Crippen molar-refractivity contribution >= 4 is 39.8 Å². The van der Waals surface area contributed by atoms with Gasteiger partial charge in [0.2, 0.25) is 0 Å². The van der Waals surface area contributed by atoms with Crippen molar-refractivity contribution in [3.63, 3.8) is 0 Å². The maximum Gasteiger partial charge on any atom is 0.0710 e. The van der Waals surface area contributed by atoms with Crippen LogP contribution < -0.4 is 5.73 Å². The molecule has 0 fully saturated rings. The third-order valence-corrected chi connectivity index (χ3v) is 3.44. The van der Waals surface area contributed by atoms with Crippen LogP contribution in [0.15, 0.2) is 48.7 Å². The first-order chi connectivity index (χ1) is 9.15. The van der Waals surface area contributed by atoms with E-state index >= 15 is 0 Å². The van der Waals surface area contributed by atoms with Crippen molar-refractivity contribution in [2.24, 2.45) is 0 Å². The number of anilines is 1. The Morgan fingerprint density at radius 2 is 1.74 bits per heavy atom. The Bertz CT molecular complexity index is 764. The number of fused-ring (bicyclic) bond motifs is 1. The van der Waals surface area contributed by atoms with E-state index in [9.17, 15) is 0 Å². The van der Waals surface area contributed by atoms with E-state index in [4.69, 9.17) is 28.9 Å². The van der Waals surface area contributed by atoms with Crippen molar-refractivity contribution < 1.29 is 0 Å². The highest BCUT2D eigenvalue weighted by molar-refractivity contribution is 6.32. The van der Waals surface area contributed by atoms with E-state index in [1.54, 1.807) is 6.20 Å². The van der Waals surface area contributed by atoms with Gasteiger partial charge >= 0.3 is 0 Å². The van der Waals surface area contributed by atoms with E-state index in [0.717, 1.165) is 22.0 Å². The first kappa shape index (κ1) is 12.3. The zero-order chi connectivity index (χ0) is 13.4. The van der Waals surface area contributed by atoms with Crippen LogP contribution in [-0.4, -0.2) is 4.98 Å². The number of aromatic nitrogens is 1. The number of pyridine rings is 1. The first-order valence-corrected chi connectivity index (χ1v) is 6.50. The first-order valence-electron chi connectivity index (χ1n) is 5.75. The molecule has 2 nitrogen and oxygen atoms in total. The van der Waals surface area contributed by atoms with Gasteiger partial charge in [-0.15, -0.1) is 0 Å². The van der Waals surface area contributed by atoms with Gasteiger partial charge in [-0.3, -0.25) is 4.98 Å². The number of nitrogens with zero attached hydrogens (tertiary/aromatic N) is 1. The van der Waals surface area contributed by atoms with Gasteiger partial charge in [0, 0.05) is 21.0 Å². The van der Waals surface area contributed by atoms with E-state index in [1.165, 1.54) is 0 Å². The molecule has 0 unspecified atom stereocenters. The number of nitrogens with two attached hydrogens (primary N) is 1. The Labute approximate surface area is 120 Å². The number of halogens is 2. The van der Waals surface area contributed by atoms with E-state index in [0.29, 0.717) is 15.7 Å². The second-order valence-corrected chi connectivity index (χ2v) is 5.13. The fourth-order valence-electron chi connectivity index (χ4n) is 2.15. The van der Waals surface area contributed by atoms with Gasteiger partial charge in [-0.25, -0.2) is 0 Å². The minimum Gasteiger partial charge on any atom is -0.397 e. The smallest absolute Gasteiger partial charge is 0.0710 e. The molecule has 2 aromatic carbocycles. The number of benzene rings is 2. The molecule has 0 amide bonds. The standard InChI is InChI=1S/C15H10Cl2N2/c16-10-3-1-2-9(6-10)15-12-7-11(17)4-5-14(12)19-8-13(15)18/h1-8H,18H2. The molecule has 2 N–H and O–H groups in total. The minimum atomic E-state index is 0.608. The van der Waals surface area contributed by atoms with Gasteiger partial charge in [0.25, 0.3) is 0 Å². The molecule has 19 heavy (non-hydrogen) atoms. The molecule has 0 saturated carbocycles. The summed E-state index contributed by atoms with van der Waals surface area (Å²) in [7, 11) is 0. The summed E-state index contributed by atoms with van der Waals surface area (Å²) in [5, 5.41) is 2.25. The van der Waals surface area contributed by atoms with Crippen molar-refractivity contribution in [2.45, 2.75) is 0 Å². The lowest BCUT2D eigenvalue weighted by molar-refractivity contribution is 1.41. The summed E-state index contributed by atoms with van der Waals surface area (Å²) >= 11 is 12.1. The van der Waals surface area contributed by atoms with Crippen LogP contribution in [0.25, 0.3) is 22.0 Å². The second kappa shape index (κ2) is 4.72. The van der Waals surface area contributed by atoms with E-state index in [2.05, 4.69) is 4.98 Å². The van der Waals surface area contributed by atoms with Crippen molar-refractivity contribution in [1.82, 2.24) is 4.98 Å². The van der Waals surface area contributed by atoms with Crippen molar-refractivity contribution in [3.05, 3.63) is 58.7 Å². The van der Waals surface area contributed by atoms with Crippen LogP contribution in [0, 0.1) is 0 Å². The highest BCUT2D eigenvalue weighted by atomic mass is 35.5. The molecular weight excluding hydrogens is 279 g/mol. The molecule has 4 heteroatoms. The van der Waals surface area contributed by atoms with Gasteiger partial charge < -0.3 is 5.73 Å². The average molecular weight is 289 g/mol. The molecule has 3 aromatic rings. The molecule has 0 bridgehead atoms. The topological polar surface area (TPSA) is 38.9 Å². The SMILES string of the molecule is Nc1cnc2ccc(Cl)cc2c1-c1cccc(Cl)c1. The van der Waals surface area contributed by atoms with Gasteiger partial charge in [-0.2, -0.15) is 0 Å². The van der Waals surface area contributed by atoms with Crippen LogP contribution in [0.3, 0.4) is 0 Å². The summed E-state index contributed by atoms with van der Waals surface area (Å²) in [6, 6.07) is 13.1. The third-order valence-electron chi connectivity index (χ3n) is 2.97. The second-order valence-electron chi connectivity index (χ2n) is 4.26. The fraction of sp³-hybridized carbons (Fsp3) is 0. The number of nitrogen functional groups attached to an aromatic ring is 1. The lowest BCUT2D eigenvalue weighted by atomic mass is 10.00. The molecule has 94 valence electrons. The van der Waals surface area contributed by atoms with Gasteiger partial charge in [-0.1, -0.05) is 35.3 Å². The zero-order valence-electron chi connectivity index (χ0n) is 9.90. The third kappa shape index (κ3) is 2.25. The van der Waals surface area contributed by atoms with Gasteiger partial charge in [0.05, 0.1) is 17.4 Å². The summed E-state index contributed by atoms with van der Waals surface area (Å²) in [4.78, 5) is 4.31. The highest BCUT2D eigenvalue weighted by Crippen LogP contribution is 2.34. The van der Waals surface area contributed by atoms with Crippen molar-refractivity contribution in [3.8, 4) is 11.1 Å². The Balaban J connectivity index is 2.38. The number of rotatable bonds is 1. The van der Waals surface area contributed by atoms with Crippen molar-refractivity contribution in [1.29, 1.82) is 0 Å². The molecule has 0 aliphatic carbocycles. The summed E-state index contributed by atoms with van der Waals surface area (Å²) in [5.74, 6) is 0. The average Bonchev–Trinajstić information content (AvgIpc) is 2.38. The number of hydrogen-bond acceptors (Lipinski definition) is 2. The molecule has 1 aromatic heterocycles. The molecule has 0 spiro atoms. The van der Waals surface area contributed by atoms with Crippen LogP contribution in [-0.2, 0) is 0 Å². The summed E-state index contributed by atoms with van der Waals surface area (Å²) in [6.45, 7) is 0. The molecule has 0 radical (unpaired) electrons. The summed E-state index contributed by atoms with van der Waals surface area (Å²) < 4.78 is 0. The Hall–Kier alpha value is -1.77. The minimum absolute atomic E-state index is 0.608. The van der Waals surface area contributed by atoms with Crippen LogP contribution in [0.5, 0.6) is 0 Å². The quantitative estimate of drug-likeness (QED) is 0.699. The molecule has 0 saturated heterocycles. The Morgan fingerprint density at radius 3 is 2.53 bits per heavy atom.